The van der Waals surface area contributed by atoms with Crippen LogP contribution in [0.5, 0.6) is 0 Å². The zero-order valence-corrected chi connectivity index (χ0v) is 5.31. The number of benzene rings is 1. The van der Waals surface area contributed by atoms with Crippen molar-refractivity contribution in [3.05, 3.63) is 34.8 Å². The van der Waals surface area contributed by atoms with Crippen molar-refractivity contribution in [1.82, 2.24) is 0 Å². The lowest BCUT2D eigenvalue weighted by atomic mass is 10.2. The van der Waals surface area contributed by atoms with Crippen LogP contribution in [0.1, 0.15) is 6.93 Å². The normalized spacial score (nSPS) is 10.0. The predicted molar refractivity (Wildman–Crippen MR) is 36.2 cm³/mol. The van der Waals surface area contributed by atoms with Gasteiger partial charge in [0.25, 0.3) is 0 Å². The van der Waals surface area contributed by atoms with Crippen molar-refractivity contribution < 1.29 is 1.37 Å². The summed E-state index contributed by atoms with van der Waals surface area (Å²) in [7, 11) is 0. The van der Waals surface area contributed by atoms with Crippen LogP contribution in [0, 0.1) is 11.3 Å². The molecule has 0 atom stereocenters. The molecule has 44 valence electrons. The van der Waals surface area contributed by atoms with Crippen LogP contribution in [-0.4, -0.2) is 0 Å². The van der Waals surface area contributed by atoms with Crippen LogP contribution in [0.4, 0.5) is 0 Å². The third-order valence-corrected chi connectivity index (χ3v) is 1.13. The van der Waals surface area contributed by atoms with Crippen LogP contribution >= 0.6 is 11.6 Å². The lowest BCUT2D eigenvalue weighted by molar-refractivity contribution is 1.49. The Morgan fingerprint density at radius 2 is 2.33 bits per heavy atom. The van der Waals surface area contributed by atoms with Gasteiger partial charge in [-0.25, -0.2) is 0 Å². The van der Waals surface area contributed by atoms with Gasteiger partial charge < -0.3 is 0 Å². The molecule has 1 aromatic carbocycles. The first-order chi connectivity index (χ1) is 4.74. The highest BCUT2D eigenvalue weighted by atomic mass is 35.5. The number of nitriles is 1. The second kappa shape index (κ2) is 2.52. The highest BCUT2D eigenvalue weighted by Crippen LogP contribution is 2.07. The Morgan fingerprint density at radius 1 is 1.56 bits per heavy atom. The lowest BCUT2D eigenvalue weighted by Crippen LogP contribution is -1.69. The number of rotatable bonds is 0. The Balaban J connectivity index is 3.23. The van der Waals surface area contributed by atoms with E-state index in [1.807, 2.05) is 6.07 Å². The lowest BCUT2D eigenvalue weighted by Gasteiger charge is -1.86. The summed E-state index contributed by atoms with van der Waals surface area (Å²) in [6, 6.07) is 6.62. The van der Waals surface area contributed by atoms with Crippen LogP contribution < -0.4 is 0 Å². The average molecular weight is 139 g/mol. The van der Waals surface area contributed by atoms with E-state index in [1.54, 1.807) is 6.07 Å². The largest absolute Gasteiger partial charge is 0.192 e. The van der Waals surface area contributed by atoms with Crippen molar-refractivity contribution >= 4 is 11.6 Å². The van der Waals surface area contributed by atoms with E-state index in [-0.39, 0.29) is 6.04 Å². The van der Waals surface area contributed by atoms with Crippen LogP contribution in [0.3, 0.4) is 0 Å². The first kappa shape index (κ1) is 4.84. The van der Waals surface area contributed by atoms with Gasteiger partial charge in [0, 0.05) is 5.02 Å². The molecule has 0 heterocycles. The summed E-state index contributed by atoms with van der Waals surface area (Å²) >= 11 is 5.54. The Hall–Kier alpha value is -1.00. The molecular weight excluding hydrogens is 134 g/mol. The molecule has 0 bridgehead atoms. The van der Waals surface area contributed by atoms with Gasteiger partial charge in [0.1, 0.15) is 0 Å². The predicted octanol–water partition coefficient (Wildman–Crippen LogP) is 2.21. The van der Waals surface area contributed by atoms with E-state index in [9.17, 15) is 0 Å². The average Bonchev–Trinajstić information content (AvgIpc) is 1.88. The van der Waals surface area contributed by atoms with Crippen LogP contribution in [0.25, 0.3) is 0 Å². The van der Waals surface area contributed by atoms with Gasteiger partial charge in [0.15, 0.2) is 0 Å². The zero-order chi connectivity index (χ0) is 7.56. The Labute approximate surface area is 59.9 Å². The molecule has 0 aliphatic carbocycles. The Kier molecular flexibility index (Phi) is 1.36. The van der Waals surface area contributed by atoms with Gasteiger partial charge in [0.05, 0.1) is 13.0 Å². The molecule has 0 saturated carbocycles. The monoisotopic (exact) mass is 138 g/mol. The third kappa shape index (κ3) is 1.45. The quantitative estimate of drug-likeness (QED) is 0.539. The van der Waals surface area contributed by atoms with E-state index in [2.05, 4.69) is 0 Å². The van der Waals surface area contributed by atoms with Gasteiger partial charge in [-0.05, 0) is 24.2 Å². The summed E-state index contributed by atoms with van der Waals surface area (Å²) in [4.78, 5) is 0. The van der Waals surface area contributed by atoms with Gasteiger partial charge in [-0.15, -0.1) is 0 Å². The minimum atomic E-state index is 0.176. The third-order valence-electron chi connectivity index (χ3n) is 0.895. The molecule has 0 saturated heterocycles. The first-order valence-electron chi connectivity index (χ1n) is 2.90. The van der Waals surface area contributed by atoms with E-state index >= 15 is 0 Å². The molecule has 0 fully saturated rings. The fraction of sp³-hybridized carbons (Fsp3) is 0. The second-order valence-electron chi connectivity index (χ2n) is 1.53. The molecule has 0 N–H and O–H groups in total. The molecule has 2 heteroatoms. The van der Waals surface area contributed by atoms with E-state index < -0.39 is 0 Å². The maximum atomic E-state index is 8.40. The molecule has 1 aromatic rings. The number of halogens is 1. The zero-order valence-electron chi connectivity index (χ0n) is 5.56. The maximum absolute atomic E-state index is 8.40. The van der Waals surface area contributed by atoms with E-state index in [0.29, 0.717) is 10.6 Å². The van der Waals surface area contributed by atoms with Crippen molar-refractivity contribution in [2.24, 2.45) is 0 Å². The number of hydrogen-bond acceptors (Lipinski definition) is 1. The molecular formula is C7H4ClN. The maximum Gasteiger partial charge on any atom is 0.0991 e. The highest BCUT2D eigenvalue weighted by Gasteiger charge is 1.86. The number of nitrogens with zero attached hydrogens (tertiary/aromatic N) is 1. The van der Waals surface area contributed by atoms with E-state index in [0.717, 1.165) is 0 Å². The van der Waals surface area contributed by atoms with Gasteiger partial charge in [0.2, 0.25) is 0 Å². The van der Waals surface area contributed by atoms with Crippen molar-refractivity contribution in [2.45, 2.75) is 0 Å². The minimum Gasteiger partial charge on any atom is -0.192 e. The number of hydrogen-bond donors (Lipinski definition) is 0. The summed E-state index contributed by atoms with van der Waals surface area (Å²) < 4.78 is 7.20. The van der Waals surface area contributed by atoms with E-state index in [4.69, 9.17) is 18.2 Å². The molecule has 0 amide bonds. The summed E-state index contributed by atoms with van der Waals surface area (Å²) in [6.45, 7) is 0. The van der Waals surface area contributed by atoms with Gasteiger partial charge in [-0.1, -0.05) is 11.6 Å². The van der Waals surface area contributed by atoms with Gasteiger partial charge in [-0.2, -0.15) is 5.26 Å². The fourth-order valence-corrected chi connectivity index (χ4v) is 0.593. The summed E-state index contributed by atoms with van der Waals surface area (Å²) in [5.41, 5.74) is 0.351. The first-order valence-corrected chi connectivity index (χ1v) is 2.78. The topological polar surface area (TPSA) is 23.8 Å². The van der Waals surface area contributed by atoms with Crippen molar-refractivity contribution in [3.63, 3.8) is 0 Å². The molecule has 0 aromatic heterocycles. The molecule has 0 unspecified atom stereocenters. The van der Waals surface area contributed by atoms with Crippen LogP contribution in [-0.2, 0) is 0 Å². The smallest absolute Gasteiger partial charge is 0.0991 e. The van der Waals surface area contributed by atoms with Gasteiger partial charge >= 0.3 is 0 Å². The molecule has 1 rings (SSSR count). The van der Waals surface area contributed by atoms with Crippen molar-refractivity contribution in [2.75, 3.05) is 0 Å². The van der Waals surface area contributed by atoms with E-state index in [1.165, 1.54) is 12.1 Å². The Morgan fingerprint density at radius 3 is 2.89 bits per heavy atom. The molecule has 0 aliphatic heterocycles. The molecule has 9 heavy (non-hydrogen) atoms. The van der Waals surface area contributed by atoms with Crippen molar-refractivity contribution in [3.8, 4) is 6.07 Å². The molecule has 0 aliphatic rings. The van der Waals surface area contributed by atoms with Gasteiger partial charge in [-0.3, -0.25) is 0 Å². The van der Waals surface area contributed by atoms with Crippen LogP contribution in [0.2, 0.25) is 5.02 Å². The summed E-state index contributed by atoms with van der Waals surface area (Å²) in [5.74, 6) is 0. The Bertz CT molecular complexity index is 290. The summed E-state index contributed by atoms with van der Waals surface area (Å²) in [5, 5.41) is 8.89. The minimum absolute atomic E-state index is 0.176. The van der Waals surface area contributed by atoms with Crippen molar-refractivity contribution in [1.29, 1.82) is 5.26 Å². The molecule has 0 radical (unpaired) electrons. The summed E-state index contributed by atoms with van der Waals surface area (Å²) in [6.07, 6.45) is 0. The highest BCUT2D eigenvalue weighted by molar-refractivity contribution is 6.30. The molecule has 1 nitrogen and oxygen atoms in total. The second-order valence-corrected chi connectivity index (χ2v) is 1.97. The van der Waals surface area contributed by atoms with Crippen LogP contribution in [0.15, 0.2) is 24.2 Å². The fourth-order valence-electron chi connectivity index (χ4n) is 0.475. The standard InChI is InChI=1S/C7H4ClN/c8-7-3-1-6(5-9)2-4-7/h1-4H/i1D. The SMILES string of the molecule is [2H]c1cc(Cl)ccc1C#N. The molecule has 0 spiro atoms.